The lowest BCUT2D eigenvalue weighted by Gasteiger charge is -2.06. The predicted octanol–water partition coefficient (Wildman–Crippen LogP) is 2.06. The minimum Gasteiger partial charge on any atom is -0.352 e. The Morgan fingerprint density at radius 3 is 2.61 bits per heavy atom. The van der Waals surface area contributed by atoms with Crippen molar-refractivity contribution in [2.24, 2.45) is 5.92 Å². The zero-order valence-corrected chi connectivity index (χ0v) is 11.5. The van der Waals surface area contributed by atoms with E-state index in [-0.39, 0.29) is 10.8 Å². The summed E-state index contributed by atoms with van der Waals surface area (Å²) in [6.07, 6.45) is 2.30. The molecular weight excluding hydrogens is 274 g/mol. The third kappa shape index (κ3) is 3.46. The smallest absolute Gasteiger partial charge is 0.261 e. The van der Waals surface area contributed by atoms with E-state index in [1.165, 1.54) is 12.1 Å². The second-order valence-electron chi connectivity index (χ2n) is 4.63. The fraction of sp³-hybridized carbons (Fsp3) is 0.417. The summed E-state index contributed by atoms with van der Waals surface area (Å²) in [6.45, 7) is 2.37. The van der Waals surface area contributed by atoms with Crippen LogP contribution in [0.15, 0.2) is 23.1 Å². The molecule has 0 aliphatic heterocycles. The first-order chi connectivity index (χ1) is 8.36. The third-order valence-corrected chi connectivity index (χ3v) is 4.18. The first kappa shape index (κ1) is 13.4. The van der Waals surface area contributed by atoms with E-state index < -0.39 is 9.05 Å². The first-order valence-corrected chi connectivity index (χ1v) is 8.02. The summed E-state index contributed by atoms with van der Waals surface area (Å²) in [7, 11) is 1.48. The average molecular weight is 288 g/mol. The lowest BCUT2D eigenvalue weighted by atomic mass is 10.1. The van der Waals surface area contributed by atoms with Gasteiger partial charge in [-0.1, -0.05) is 0 Å². The Morgan fingerprint density at radius 1 is 1.39 bits per heavy atom. The summed E-state index contributed by atoms with van der Waals surface area (Å²) in [5.74, 6) is 0.321. The van der Waals surface area contributed by atoms with Crippen molar-refractivity contribution in [2.75, 3.05) is 6.54 Å². The molecule has 1 saturated carbocycles. The average Bonchev–Trinajstić information content (AvgIpc) is 3.07. The van der Waals surface area contributed by atoms with Gasteiger partial charge < -0.3 is 5.32 Å². The molecule has 98 valence electrons. The Labute approximate surface area is 111 Å². The van der Waals surface area contributed by atoms with Crippen LogP contribution in [0.4, 0.5) is 0 Å². The number of halogens is 1. The molecular formula is C12H14ClNO3S. The quantitative estimate of drug-likeness (QED) is 0.862. The Kier molecular flexibility index (Phi) is 3.64. The molecule has 0 bridgehead atoms. The van der Waals surface area contributed by atoms with E-state index in [9.17, 15) is 13.2 Å². The van der Waals surface area contributed by atoms with Crippen LogP contribution >= 0.6 is 10.7 Å². The third-order valence-electron chi connectivity index (χ3n) is 2.84. The van der Waals surface area contributed by atoms with Crippen LogP contribution in [0.25, 0.3) is 0 Å². The summed E-state index contributed by atoms with van der Waals surface area (Å²) in [5, 5.41) is 2.79. The van der Waals surface area contributed by atoms with Gasteiger partial charge in [0.25, 0.3) is 15.0 Å². The van der Waals surface area contributed by atoms with Gasteiger partial charge in [-0.05, 0) is 49.4 Å². The minimum absolute atomic E-state index is 0.0410. The maximum absolute atomic E-state index is 11.9. The van der Waals surface area contributed by atoms with Crippen molar-refractivity contribution in [1.82, 2.24) is 5.32 Å². The Hall–Kier alpha value is -1.07. The second-order valence-corrected chi connectivity index (χ2v) is 7.19. The molecule has 1 N–H and O–H groups in total. The zero-order chi connectivity index (χ0) is 13.3. The molecule has 1 amide bonds. The summed E-state index contributed by atoms with van der Waals surface area (Å²) in [4.78, 5) is 11.8. The molecule has 2 rings (SSSR count). The van der Waals surface area contributed by atoms with Gasteiger partial charge in [-0.25, -0.2) is 8.42 Å². The van der Waals surface area contributed by atoms with Gasteiger partial charge in [-0.2, -0.15) is 0 Å². The highest BCUT2D eigenvalue weighted by molar-refractivity contribution is 8.13. The largest absolute Gasteiger partial charge is 0.352 e. The Bertz CT molecular complexity index is 579. The fourth-order valence-corrected chi connectivity index (χ4v) is 2.54. The molecule has 0 heterocycles. The number of hydrogen-bond acceptors (Lipinski definition) is 3. The van der Waals surface area contributed by atoms with Crippen LogP contribution in [0.5, 0.6) is 0 Å². The monoisotopic (exact) mass is 287 g/mol. The molecule has 0 unspecified atom stereocenters. The molecule has 0 atom stereocenters. The van der Waals surface area contributed by atoms with E-state index in [1.807, 2.05) is 0 Å². The van der Waals surface area contributed by atoms with E-state index in [4.69, 9.17) is 10.7 Å². The van der Waals surface area contributed by atoms with E-state index >= 15 is 0 Å². The van der Waals surface area contributed by atoms with Gasteiger partial charge >= 0.3 is 0 Å². The number of hydrogen-bond donors (Lipinski definition) is 1. The number of nitrogens with one attached hydrogen (secondary N) is 1. The van der Waals surface area contributed by atoms with Crippen molar-refractivity contribution in [2.45, 2.75) is 24.7 Å². The van der Waals surface area contributed by atoms with E-state index in [1.54, 1.807) is 13.0 Å². The molecule has 1 aromatic carbocycles. The van der Waals surface area contributed by atoms with Crippen molar-refractivity contribution < 1.29 is 13.2 Å². The van der Waals surface area contributed by atoms with Gasteiger partial charge in [0, 0.05) is 22.8 Å². The van der Waals surface area contributed by atoms with E-state index in [2.05, 4.69) is 5.32 Å². The molecule has 1 aromatic rings. The van der Waals surface area contributed by atoms with Gasteiger partial charge in [0.1, 0.15) is 0 Å². The van der Waals surface area contributed by atoms with Crippen LogP contribution in [0.2, 0.25) is 0 Å². The molecule has 6 heteroatoms. The molecule has 4 nitrogen and oxygen atoms in total. The predicted molar refractivity (Wildman–Crippen MR) is 69.3 cm³/mol. The summed E-state index contributed by atoms with van der Waals surface area (Å²) in [5.41, 5.74) is 1.02. The Morgan fingerprint density at radius 2 is 2.06 bits per heavy atom. The highest BCUT2D eigenvalue weighted by atomic mass is 35.7. The van der Waals surface area contributed by atoms with Crippen LogP contribution in [0.1, 0.15) is 28.8 Å². The molecule has 0 spiro atoms. The van der Waals surface area contributed by atoms with Gasteiger partial charge in [-0.3, -0.25) is 4.79 Å². The Balaban J connectivity index is 2.21. The highest BCUT2D eigenvalue weighted by Gasteiger charge is 2.22. The van der Waals surface area contributed by atoms with Crippen molar-refractivity contribution >= 4 is 25.6 Å². The minimum atomic E-state index is -3.81. The van der Waals surface area contributed by atoms with Gasteiger partial charge in [0.2, 0.25) is 0 Å². The lowest BCUT2D eigenvalue weighted by Crippen LogP contribution is -2.25. The van der Waals surface area contributed by atoms with E-state index in [0.29, 0.717) is 23.6 Å². The van der Waals surface area contributed by atoms with Crippen LogP contribution in [-0.4, -0.2) is 20.9 Å². The summed E-state index contributed by atoms with van der Waals surface area (Å²) in [6, 6.07) is 4.39. The van der Waals surface area contributed by atoms with E-state index in [0.717, 1.165) is 12.8 Å². The van der Waals surface area contributed by atoms with Crippen LogP contribution in [-0.2, 0) is 9.05 Å². The van der Waals surface area contributed by atoms with Crippen molar-refractivity contribution in [3.63, 3.8) is 0 Å². The van der Waals surface area contributed by atoms with Crippen LogP contribution in [0.3, 0.4) is 0 Å². The number of rotatable bonds is 4. The number of aryl methyl sites for hydroxylation is 1. The van der Waals surface area contributed by atoms with Crippen molar-refractivity contribution in [1.29, 1.82) is 0 Å². The van der Waals surface area contributed by atoms with Gasteiger partial charge in [-0.15, -0.1) is 0 Å². The second kappa shape index (κ2) is 4.90. The zero-order valence-electron chi connectivity index (χ0n) is 9.94. The maximum Gasteiger partial charge on any atom is 0.261 e. The number of benzene rings is 1. The van der Waals surface area contributed by atoms with Crippen LogP contribution < -0.4 is 5.32 Å². The lowest BCUT2D eigenvalue weighted by molar-refractivity contribution is 0.0951. The molecule has 1 fully saturated rings. The highest BCUT2D eigenvalue weighted by Crippen LogP contribution is 2.27. The normalized spacial score (nSPS) is 15.4. The molecule has 1 aliphatic rings. The van der Waals surface area contributed by atoms with Crippen LogP contribution in [0, 0.1) is 12.8 Å². The first-order valence-electron chi connectivity index (χ1n) is 5.71. The van der Waals surface area contributed by atoms with Gasteiger partial charge in [0.15, 0.2) is 0 Å². The SMILES string of the molecule is Cc1cc(C(=O)NCC2CC2)cc(S(=O)(=O)Cl)c1. The standard InChI is InChI=1S/C12H14ClNO3S/c1-8-4-10(6-11(5-8)18(13,16)17)12(15)14-7-9-2-3-9/h4-6,9H,2-3,7H2,1H3,(H,14,15). The number of carbonyl (C=O) groups excluding carboxylic acids is 1. The summed E-state index contributed by atoms with van der Waals surface area (Å²) >= 11 is 0. The molecule has 18 heavy (non-hydrogen) atoms. The maximum atomic E-state index is 11.9. The van der Waals surface area contributed by atoms with Gasteiger partial charge in [0.05, 0.1) is 4.90 Å². The number of carbonyl (C=O) groups is 1. The topological polar surface area (TPSA) is 63.2 Å². The van der Waals surface area contributed by atoms with Crippen molar-refractivity contribution in [3.05, 3.63) is 29.3 Å². The number of amides is 1. The molecule has 0 aromatic heterocycles. The molecule has 0 saturated heterocycles. The fourth-order valence-electron chi connectivity index (χ4n) is 1.68. The molecule has 1 aliphatic carbocycles. The van der Waals surface area contributed by atoms with Crippen molar-refractivity contribution in [3.8, 4) is 0 Å². The molecule has 0 radical (unpaired) electrons. The summed E-state index contributed by atoms with van der Waals surface area (Å²) < 4.78 is 22.5.